The number of carboxylic acid groups (broad SMARTS) is 1. The number of thioether (sulfide) groups is 1. The van der Waals surface area contributed by atoms with Gasteiger partial charge in [-0.3, -0.25) is 14.5 Å². The lowest BCUT2D eigenvalue weighted by molar-refractivity contribution is -0.192. The number of aromatic nitrogens is 3. The molecule has 0 spiro atoms. The van der Waals surface area contributed by atoms with Crippen molar-refractivity contribution in [3.05, 3.63) is 77.1 Å². The van der Waals surface area contributed by atoms with Crippen molar-refractivity contribution in [1.82, 2.24) is 30.5 Å². The van der Waals surface area contributed by atoms with Crippen molar-refractivity contribution in [3.8, 4) is 5.69 Å². The van der Waals surface area contributed by atoms with Gasteiger partial charge in [0, 0.05) is 43.5 Å². The summed E-state index contributed by atoms with van der Waals surface area (Å²) in [4.78, 5) is 36.4. The second-order valence-corrected chi connectivity index (χ2v) is 9.98. The largest absolute Gasteiger partial charge is 0.490 e. The fraction of sp³-hybridized carbons (Fsp3) is 0.370. The molecule has 1 aliphatic heterocycles. The van der Waals surface area contributed by atoms with Crippen LogP contribution in [-0.2, 0) is 17.1 Å². The Bertz CT molecular complexity index is 1320. The van der Waals surface area contributed by atoms with Crippen LogP contribution < -0.4 is 10.6 Å². The summed E-state index contributed by atoms with van der Waals surface area (Å²) < 4.78 is 33.4. The lowest BCUT2D eigenvalue weighted by atomic mass is 10.2. The van der Waals surface area contributed by atoms with E-state index in [0.717, 1.165) is 37.4 Å². The van der Waals surface area contributed by atoms with Gasteiger partial charge in [0.05, 0.1) is 11.4 Å². The van der Waals surface area contributed by atoms with Gasteiger partial charge in [0.25, 0.3) is 11.8 Å². The summed E-state index contributed by atoms with van der Waals surface area (Å²) >= 11 is 1.61. The quantitative estimate of drug-likeness (QED) is 0.344. The lowest BCUT2D eigenvalue weighted by Crippen LogP contribution is -2.37. The number of hydrogen-bond donors (Lipinski definition) is 3. The third-order valence-electron chi connectivity index (χ3n) is 6.07. The second-order valence-electron chi connectivity index (χ2n) is 9.12. The summed E-state index contributed by atoms with van der Waals surface area (Å²) in [6.07, 6.45) is -2.19. The molecule has 1 aromatic heterocycles. The summed E-state index contributed by atoms with van der Waals surface area (Å²) in [5.74, 6) is -2.47. The average Bonchev–Trinajstić information content (AvgIpc) is 3.56. The topological polar surface area (TPSA) is 129 Å². The summed E-state index contributed by atoms with van der Waals surface area (Å²) in [6, 6.07) is 17.6. The minimum atomic E-state index is -5.08. The van der Waals surface area contributed by atoms with E-state index >= 15 is 0 Å². The van der Waals surface area contributed by atoms with Crippen molar-refractivity contribution in [2.45, 2.75) is 37.9 Å². The Labute approximate surface area is 239 Å². The third-order valence-corrected chi connectivity index (χ3v) is 6.63. The molecular weight excluding hydrogens is 561 g/mol. The molecule has 3 aromatic rings. The second kappa shape index (κ2) is 14.6. The maximum atomic E-state index is 13.1. The van der Waals surface area contributed by atoms with E-state index in [4.69, 9.17) is 9.90 Å². The van der Waals surface area contributed by atoms with Crippen molar-refractivity contribution in [1.29, 1.82) is 0 Å². The van der Waals surface area contributed by atoms with Gasteiger partial charge in [-0.15, -0.1) is 5.10 Å². The van der Waals surface area contributed by atoms with E-state index in [1.165, 1.54) is 5.56 Å². The van der Waals surface area contributed by atoms with Crippen molar-refractivity contribution < 1.29 is 32.7 Å². The van der Waals surface area contributed by atoms with Gasteiger partial charge in [-0.2, -0.15) is 24.9 Å². The Kier molecular flexibility index (Phi) is 11.3. The van der Waals surface area contributed by atoms with E-state index in [-0.39, 0.29) is 17.9 Å². The number of carbonyl (C=O) groups is 3. The number of alkyl halides is 3. The normalized spacial score (nSPS) is 15.1. The number of aliphatic carboxylic acids is 1. The average molecular weight is 593 g/mol. The molecule has 1 unspecified atom stereocenters. The van der Waals surface area contributed by atoms with Crippen molar-refractivity contribution >= 4 is 29.5 Å². The van der Waals surface area contributed by atoms with Crippen LogP contribution in [0.1, 0.15) is 45.4 Å². The SMILES string of the molecule is CCNC(=O)c1ccc(-n2nnc(C(=O)NC3CCN(Cc4ccccc4)C3)c2CSC)cc1.O=C(O)C(F)(F)F. The first-order valence-corrected chi connectivity index (χ1v) is 14.1. The van der Waals surface area contributed by atoms with Gasteiger partial charge >= 0.3 is 12.1 Å². The molecule has 2 amide bonds. The van der Waals surface area contributed by atoms with Gasteiger partial charge in [-0.1, -0.05) is 35.5 Å². The molecular formula is C27H31F3N6O4S. The molecule has 1 fully saturated rings. The van der Waals surface area contributed by atoms with E-state index in [2.05, 4.69) is 50.1 Å². The van der Waals surface area contributed by atoms with Crippen LogP contribution in [0.25, 0.3) is 5.69 Å². The van der Waals surface area contributed by atoms with E-state index in [0.29, 0.717) is 23.6 Å². The number of benzene rings is 2. The van der Waals surface area contributed by atoms with Crippen LogP contribution in [0, 0.1) is 0 Å². The van der Waals surface area contributed by atoms with E-state index < -0.39 is 12.1 Å². The van der Waals surface area contributed by atoms with E-state index in [1.54, 1.807) is 28.6 Å². The van der Waals surface area contributed by atoms with Crippen LogP contribution >= 0.6 is 11.8 Å². The number of likely N-dealkylation sites (tertiary alicyclic amines) is 1. The zero-order chi connectivity index (χ0) is 30.0. The molecule has 0 radical (unpaired) electrons. The molecule has 2 aromatic carbocycles. The molecule has 1 aliphatic rings. The fourth-order valence-corrected chi connectivity index (χ4v) is 4.69. The number of carboxylic acids is 1. The molecule has 41 heavy (non-hydrogen) atoms. The lowest BCUT2D eigenvalue weighted by Gasteiger charge is -2.16. The van der Waals surface area contributed by atoms with Crippen molar-refractivity contribution in [2.75, 3.05) is 25.9 Å². The van der Waals surface area contributed by atoms with Crippen LogP contribution in [0.15, 0.2) is 54.6 Å². The van der Waals surface area contributed by atoms with Crippen LogP contribution in [0.4, 0.5) is 13.2 Å². The van der Waals surface area contributed by atoms with E-state index in [1.807, 2.05) is 31.4 Å². The molecule has 220 valence electrons. The molecule has 1 saturated heterocycles. The Morgan fingerprint density at radius 3 is 2.32 bits per heavy atom. The highest BCUT2D eigenvalue weighted by Gasteiger charge is 2.38. The molecule has 0 bridgehead atoms. The molecule has 1 atom stereocenters. The molecule has 10 nitrogen and oxygen atoms in total. The highest BCUT2D eigenvalue weighted by molar-refractivity contribution is 7.97. The fourth-order valence-electron chi connectivity index (χ4n) is 4.16. The smallest absolute Gasteiger partial charge is 0.475 e. The van der Waals surface area contributed by atoms with Crippen LogP contribution in [0.3, 0.4) is 0 Å². The molecule has 14 heteroatoms. The maximum absolute atomic E-state index is 13.1. The zero-order valence-electron chi connectivity index (χ0n) is 22.5. The summed E-state index contributed by atoms with van der Waals surface area (Å²) in [6.45, 7) is 5.10. The first kappa shape index (κ1) is 31.6. The van der Waals surface area contributed by atoms with Gasteiger partial charge < -0.3 is 15.7 Å². The predicted molar refractivity (Wildman–Crippen MR) is 148 cm³/mol. The Morgan fingerprint density at radius 2 is 1.73 bits per heavy atom. The number of amides is 2. The summed E-state index contributed by atoms with van der Waals surface area (Å²) in [5, 5.41) is 21.6. The Morgan fingerprint density at radius 1 is 1.07 bits per heavy atom. The Balaban J connectivity index is 0.000000587. The number of nitrogens with one attached hydrogen (secondary N) is 2. The summed E-state index contributed by atoms with van der Waals surface area (Å²) in [5.41, 5.74) is 3.71. The molecule has 3 N–H and O–H groups in total. The number of carbonyl (C=O) groups excluding carboxylic acids is 2. The monoisotopic (exact) mass is 592 g/mol. The van der Waals surface area contributed by atoms with Gasteiger partial charge in [0.2, 0.25) is 0 Å². The van der Waals surface area contributed by atoms with Gasteiger partial charge in [0.15, 0.2) is 5.69 Å². The predicted octanol–water partition coefficient (Wildman–Crippen LogP) is 3.52. The minimum Gasteiger partial charge on any atom is -0.475 e. The van der Waals surface area contributed by atoms with Crippen molar-refractivity contribution in [2.24, 2.45) is 0 Å². The number of hydrogen-bond acceptors (Lipinski definition) is 7. The first-order valence-electron chi connectivity index (χ1n) is 12.7. The number of halogens is 3. The van der Waals surface area contributed by atoms with Gasteiger partial charge in [0.1, 0.15) is 0 Å². The minimum absolute atomic E-state index is 0.0832. The first-order chi connectivity index (χ1) is 19.5. The molecule has 0 aliphatic carbocycles. The highest BCUT2D eigenvalue weighted by atomic mass is 32.2. The van der Waals surface area contributed by atoms with Crippen LogP contribution in [0.2, 0.25) is 0 Å². The van der Waals surface area contributed by atoms with Gasteiger partial charge in [-0.05, 0) is 49.4 Å². The number of rotatable bonds is 9. The molecule has 0 saturated carbocycles. The van der Waals surface area contributed by atoms with Gasteiger partial charge in [-0.25, -0.2) is 9.48 Å². The maximum Gasteiger partial charge on any atom is 0.490 e. The highest BCUT2D eigenvalue weighted by Crippen LogP contribution is 2.20. The molecule has 4 rings (SSSR count). The number of nitrogens with zero attached hydrogens (tertiary/aromatic N) is 4. The third kappa shape index (κ3) is 9.05. The molecule has 2 heterocycles. The van der Waals surface area contributed by atoms with E-state index in [9.17, 15) is 22.8 Å². The Hall–Kier alpha value is -3.91. The summed E-state index contributed by atoms with van der Waals surface area (Å²) in [7, 11) is 0. The zero-order valence-corrected chi connectivity index (χ0v) is 23.3. The van der Waals surface area contributed by atoms with Crippen LogP contribution in [0.5, 0.6) is 0 Å². The van der Waals surface area contributed by atoms with Crippen LogP contribution in [-0.4, -0.2) is 80.9 Å². The standard InChI is InChI=1S/C25H30N6O2S.C2HF3O2/c1-3-26-24(32)19-9-11-21(12-10-19)31-22(17-34-2)23(28-29-31)25(33)27-20-13-14-30(16-20)15-18-7-5-4-6-8-18;3-2(4,5)1(6)7/h4-12,20H,3,13-17H2,1-2H3,(H,26,32)(H,27,33);(H,6,7). The van der Waals surface area contributed by atoms with Crippen molar-refractivity contribution in [3.63, 3.8) is 0 Å².